The fraction of sp³-hybridized carbons (Fsp3) is 0.500. The Balaban J connectivity index is 2.76. The Morgan fingerprint density at radius 3 is 2.72 bits per heavy atom. The summed E-state index contributed by atoms with van der Waals surface area (Å²) in [6.45, 7) is 1.74. The molecule has 8 heteroatoms. The topological polar surface area (TPSA) is 96.6 Å². The van der Waals surface area contributed by atoms with Crippen LogP contribution in [0.3, 0.4) is 0 Å². The van der Waals surface area contributed by atoms with Crippen molar-refractivity contribution < 1.29 is 22.7 Å². The van der Waals surface area contributed by atoms with E-state index in [-0.39, 0.29) is 11.1 Å². The Morgan fingerprint density at radius 2 is 2.22 bits per heavy atom. The largest absolute Gasteiger partial charge is 0.475 e. The van der Waals surface area contributed by atoms with Crippen molar-refractivity contribution in [2.45, 2.75) is 24.5 Å². The fourth-order valence-electron chi connectivity index (χ4n) is 1.26. The first kappa shape index (κ1) is 15.1. The highest BCUT2D eigenvalue weighted by Gasteiger charge is 2.22. The molecule has 0 saturated carbocycles. The number of carbonyl (C=O) groups is 1. The van der Waals surface area contributed by atoms with Gasteiger partial charge in [-0.2, -0.15) is 11.8 Å². The van der Waals surface area contributed by atoms with Gasteiger partial charge in [0.15, 0.2) is 0 Å². The monoisotopic (exact) mass is 293 g/mol. The average molecular weight is 293 g/mol. The molecule has 1 heterocycles. The highest BCUT2D eigenvalue weighted by atomic mass is 32.2. The molecule has 1 atom stereocenters. The summed E-state index contributed by atoms with van der Waals surface area (Å²) >= 11 is 1.62. The lowest BCUT2D eigenvalue weighted by Gasteiger charge is -2.11. The van der Waals surface area contributed by atoms with Crippen LogP contribution in [0.25, 0.3) is 0 Å². The van der Waals surface area contributed by atoms with Gasteiger partial charge in [-0.3, -0.25) is 0 Å². The van der Waals surface area contributed by atoms with E-state index in [1.807, 2.05) is 6.26 Å². The van der Waals surface area contributed by atoms with E-state index in [9.17, 15) is 13.2 Å². The van der Waals surface area contributed by atoms with Crippen LogP contribution in [-0.4, -0.2) is 37.5 Å². The molecule has 0 amide bonds. The SMILES string of the molecule is CSCCC(C)NS(=O)(=O)c1ccc(C(=O)O)o1. The van der Waals surface area contributed by atoms with E-state index >= 15 is 0 Å². The number of carboxylic acids is 1. The third kappa shape index (κ3) is 4.04. The lowest BCUT2D eigenvalue weighted by molar-refractivity contribution is 0.0656. The van der Waals surface area contributed by atoms with Crippen molar-refractivity contribution in [3.63, 3.8) is 0 Å². The van der Waals surface area contributed by atoms with Gasteiger partial charge in [0, 0.05) is 6.04 Å². The Bertz CT molecular complexity index is 508. The van der Waals surface area contributed by atoms with Crippen LogP contribution >= 0.6 is 11.8 Å². The maximum atomic E-state index is 11.8. The third-order valence-electron chi connectivity index (χ3n) is 2.17. The number of sulfonamides is 1. The second-order valence-electron chi connectivity index (χ2n) is 3.73. The number of hydrogen-bond donors (Lipinski definition) is 2. The first-order valence-electron chi connectivity index (χ1n) is 5.21. The van der Waals surface area contributed by atoms with E-state index in [0.29, 0.717) is 6.42 Å². The summed E-state index contributed by atoms with van der Waals surface area (Å²) in [7, 11) is -3.79. The number of furan rings is 1. The molecule has 102 valence electrons. The summed E-state index contributed by atoms with van der Waals surface area (Å²) in [5, 5.41) is 8.27. The van der Waals surface area contributed by atoms with Gasteiger partial charge >= 0.3 is 5.97 Å². The molecule has 1 aromatic rings. The van der Waals surface area contributed by atoms with E-state index in [2.05, 4.69) is 4.72 Å². The summed E-state index contributed by atoms with van der Waals surface area (Å²) in [5.74, 6) is -0.860. The van der Waals surface area contributed by atoms with Crippen molar-refractivity contribution in [1.82, 2.24) is 4.72 Å². The van der Waals surface area contributed by atoms with Crippen LogP contribution in [0.1, 0.15) is 23.9 Å². The highest BCUT2D eigenvalue weighted by Crippen LogP contribution is 2.14. The van der Waals surface area contributed by atoms with Crippen molar-refractivity contribution in [1.29, 1.82) is 0 Å². The molecule has 0 bridgehead atoms. The van der Waals surface area contributed by atoms with Crippen molar-refractivity contribution in [3.8, 4) is 0 Å². The van der Waals surface area contributed by atoms with Gasteiger partial charge in [0.25, 0.3) is 10.0 Å². The van der Waals surface area contributed by atoms with Crippen molar-refractivity contribution in [2.75, 3.05) is 12.0 Å². The van der Waals surface area contributed by atoms with Gasteiger partial charge in [-0.15, -0.1) is 0 Å². The highest BCUT2D eigenvalue weighted by molar-refractivity contribution is 7.98. The van der Waals surface area contributed by atoms with Crippen molar-refractivity contribution >= 4 is 27.8 Å². The van der Waals surface area contributed by atoms with Crippen LogP contribution in [0.15, 0.2) is 21.6 Å². The van der Waals surface area contributed by atoms with Crippen molar-refractivity contribution in [2.24, 2.45) is 0 Å². The minimum atomic E-state index is -3.79. The Labute approximate surface area is 110 Å². The predicted octanol–water partition coefficient (Wildman–Crippen LogP) is 1.40. The van der Waals surface area contributed by atoms with E-state index in [4.69, 9.17) is 9.52 Å². The van der Waals surface area contributed by atoms with E-state index in [0.717, 1.165) is 17.9 Å². The van der Waals surface area contributed by atoms with Gasteiger partial charge in [-0.25, -0.2) is 17.9 Å². The van der Waals surface area contributed by atoms with Crippen LogP contribution in [0.5, 0.6) is 0 Å². The first-order chi connectivity index (χ1) is 8.36. The van der Waals surface area contributed by atoms with Gasteiger partial charge in [0.05, 0.1) is 0 Å². The molecule has 0 aromatic carbocycles. The molecule has 0 fully saturated rings. The van der Waals surface area contributed by atoms with Crippen LogP contribution in [0.2, 0.25) is 0 Å². The second-order valence-corrected chi connectivity index (χ2v) is 6.36. The van der Waals surface area contributed by atoms with E-state index in [1.165, 1.54) is 0 Å². The molecule has 18 heavy (non-hydrogen) atoms. The maximum absolute atomic E-state index is 11.8. The zero-order valence-corrected chi connectivity index (χ0v) is 11.7. The molecular formula is C10H15NO5S2. The summed E-state index contributed by atoms with van der Waals surface area (Å²) in [4.78, 5) is 10.6. The van der Waals surface area contributed by atoms with Gasteiger partial charge < -0.3 is 9.52 Å². The maximum Gasteiger partial charge on any atom is 0.371 e. The van der Waals surface area contributed by atoms with E-state index < -0.39 is 21.8 Å². The molecule has 6 nitrogen and oxygen atoms in total. The molecule has 0 aliphatic carbocycles. The van der Waals surface area contributed by atoms with Crippen LogP contribution < -0.4 is 4.72 Å². The molecule has 0 saturated heterocycles. The number of rotatable bonds is 7. The summed E-state index contributed by atoms with van der Waals surface area (Å²) in [5.41, 5.74) is 0. The molecule has 1 aromatic heterocycles. The van der Waals surface area contributed by atoms with E-state index in [1.54, 1.807) is 18.7 Å². The zero-order chi connectivity index (χ0) is 13.8. The Hall–Kier alpha value is -0.990. The van der Waals surface area contributed by atoms with Crippen LogP contribution in [0, 0.1) is 0 Å². The molecule has 2 N–H and O–H groups in total. The molecule has 0 aliphatic rings. The normalized spacial score (nSPS) is 13.4. The standard InChI is InChI=1S/C10H15NO5S2/c1-7(5-6-17-2)11-18(14,15)9-4-3-8(16-9)10(12)13/h3-4,7,11H,5-6H2,1-2H3,(H,12,13). The number of aromatic carboxylic acids is 1. The fourth-order valence-corrected chi connectivity index (χ4v) is 3.06. The molecule has 1 rings (SSSR count). The second kappa shape index (κ2) is 6.26. The predicted molar refractivity (Wildman–Crippen MR) is 68.4 cm³/mol. The zero-order valence-electron chi connectivity index (χ0n) is 10.0. The summed E-state index contributed by atoms with van der Waals surface area (Å²) < 4.78 is 30.9. The lowest BCUT2D eigenvalue weighted by Crippen LogP contribution is -2.32. The summed E-state index contributed by atoms with van der Waals surface area (Å²) in [6.07, 6.45) is 2.62. The minimum Gasteiger partial charge on any atom is -0.475 e. The molecular weight excluding hydrogens is 278 g/mol. The lowest BCUT2D eigenvalue weighted by atomic mass is 10.3. The first-order valence-corrected chi connectivity index (χ1v) is 8.09. The van der Waals surface area contributed by atoms with Gasteiger partial charge in [0.1, 0.15) is 0 Å². The van der Waals surface area contributed by atoms with Crippen molar-refractivity contribution in [3.05, 3.63) is 17.9 Å². The number of carboxylic acid groups (broad SMARTS) is 1. The quantitative estimate of drug-likeness (QED) is 0.788. The minimum absolute atomic E-state index is 0.235. The smallest absolute Gasteiger partial charge is 0.371 e. The molecule has 0 aliphatic heterocycles. The van der Waals surface area contributed by atoms with Gasteiger partial charge in [0.2, 0.25) is 10.9 Å². The molecule has 1 unspecified atom stereocenters. The summed E-state index contributed by atoms with van der Waals surface area (Å²) in [6, 6.07) is 2.01. The Kier molecular flexibility index (Phi) is 5.24. The number of nitrogens with one attached hydrogen (secondary N) is 1. The average Bonchev–Trinajstić information content (AvgIpc) is 2.75. The van der Waals surface area contributed by atoms with Gasteiger partial charge in [-0.05, 0) is 37.5 Å². The molecule has 0 spiro atoms. The third-order valence-corrected chi connectivity index (χ3v) is 4.27. The molecule has 0 radical (unpaired) electrons. The van der Waals surface area contributed by atoms with Gasteiger partial charge in [-0.1, -0.05) is 0 Å². The van der Waals surface area contributed by atoms with Crippen LogP contribution in [-0.2, 0) is 10.0 Å². The van der Waals surface area contributed by atoms with Crippen LogP contribution in [0.4, 0.5) is 0 Å². The number of thioether (sulfide) groups is 1. The number of hydrogen-bond acceptors (Lipinski definition) is 5. The Morgan fingerprint density at radius 1 is 1.56 bits per heavy atom.